The van der Waals surface area contributed by atoms with Gasteiger partial charge in [-0.15, -0.1) is 26.3 Å². The van der Waals surface area contributed by atoms with Crippen molar-refractivity contribution < 1.29 is 40.6 Å². The Balaban J connectivity index is 1.61. The lowest BCUT2D eigenvalue weighted by atomic mass is 10.1. The van der Waals surface area contributed by atoms with Crippen LogP contribution >= 0.6 is 11.6 Å². The second kappa shape index (κ2) is 9.65. The molecule has 1 heterocycles. The van der Waals surface area contributed by atoms with Crippen molar-refractivity contribution in [1.29, 1.82) is 0 Å². The van der Waals surface area contributed by atoms with Gasteiger partial charge in [0.05, 0.1) is 6.04 Å². The average molecular weight is 529 g/mol. The van der Waals surface area contributed by atoms with Gasteiger partial charge in [-0.3, -0.25) is 9.69 Å². The summed E-state index contributed by atoms with van der Waals surface area (Å²) in [5.41, 5.74) is 1.37. The van der Waals surface area contributed by atoms with Crippen molar-refractivity contribution in [2.75, 3.05) is 10.2 Å². The number of carbonyl (C=O) groups excluding carboxylic acids is 1. The zero-order valence-electron chi connectivity index (χ0n) is 17.9. The number of nitrogens with one attached hydrogen (secondary N) is 1. The molecule has 0 spiro atoms. The molecule has 0 aromatic heterocycles. The summed E-state index contributed by atoms with van der Waals surface area (Å²) in [7, 11) is 0. The van der Waals surface area contributed by atoms with Crippen molar-refractivity contribution in [1.82, 2.24) is 0 Å². The monoisotopic (exact) mass is 528 g/mol. The van der Waals surface area contributed by atoms with Gasteiger partial charge in [0.2, 0.25) is 0 Å². The fraction of sp³-hybridized carbons (Fsp3) is 0.125. The molecule has 0 bridgehead atoms. The van der Waals surface area contributed by atoms with Gasteiger partial charge in [-0.2, -0.15) is 0 Å². The predicted octanol–water partition coefficient (Wildman–Crippen LogP) is 7.22. The predicted molar refractivity (Wildman–Crippen MR) is 120 cm³/mol. The highest BCUT2D eigenvalue weighted by atomic mass is 35.5. The molecule has 0 saturated carbocycles. The molecule has 12 heteroatoms. The van der Waals surface area contributed by atoms with Crippen LogP contribution in [-0.4, -0.2) is 18.6 Å². The maximum Gasteiger partial charge on any atom is 0.573 e. The van der Waals surface area contributed by atoms with Gasteiger partial charge in [-0.25, -0.2) is 0 Å². The van der Waals surface area contributed by atoms with Crippen molar-refractivity contribution in [2.45, 2.75) is 18.8 Å². The normalized spacial score (nSPS) is 16.1. The Hall–Kier alpha value is -3.86. The molecule has 0 fully saturated rings. The number of alkyl halides is 6. The fourth-order valence-corrected chi connectivity index (χ4v) is 3.67. The third-order valence-corrected chi connectivity index (χ3v) is 5.23. The van der Waals surface area contributed by atoms with Crippen LogP contribution in [0.3, 0.4) is 0 Å². The number of nitrogens with zero attached hydrogens (tertiary/aromatic N) is 1. The molecule has 5 nitrogen and oxygen atoms in total. The number of hydrogen-bond donors (Lipinski definition) is 1. The first-order valence-electron chi connectivity index (χ1n) is 10.2. The Kier molecular flexibility index (Phi) is 6.77. The molecular formula is C24H15ClF6N2O3. The van der Waals surface area contributed by atoms with Crippen LogP contribution in [0.2, 0.25) is 5.02 Å². The fourth-order valence-electron chi connectivity index (χ4n) is 3.54. The Labute approximate surface area is 205 Å². The molecule has 0 radical (unpaired) electrons. The second-order valence-electron chi connectivity index (χ2n) is 7.49. The second-order valence-corrected chi connectivity index (χ2v) is 7.93. The highest BCUT2D eigenvalue weighted by Crippen LogP contribution is 2.38. The number of halogens is 7. The minimum atomic E-state index is -4.86. The van der Waals surface area contributed by atoms with E-state index in [1.54, 1.807) is 30.3 Å². The van der Waals surface area contributed by atoms with E-state index in [1.807, 2.05) is 0 Å². The third-order valence-electron chi connectivity index (χ3n) is 4.98. The summed E-state index contributed by atoms with van der Waals surface area (Å²) in [6.07, 6.45) is -8.12. The average Bonchev–Trinajstić information content (AvgIpc) is 3.10. The van der Waals surface area contributed by atoms with Gasteiger partial charge >= 0.3 is 12.7 Å². The van der Waals surface area contributed by atoms with Crippen molar-refractivity contribution in [2.24, 2.45) is 0 Å². The van der Waals surface area contributed by atoms with E-state index in [0.29, 0.717) is 16.3 Å². The third kappa shape index (κ3) is 6.22. The summed E-state index contributed by atoms with van der Waals surface area (Å²) in [4.78, 5) is 14.7. The molecular weight excluding hydrogens is 514 g/mol. The maximum absolute atomic E-state index is 13.3. The van der Waals surface area contributed by atoms with Crippen LogP contribution < -0.4 is 19.7 Å². The van der Waals surface area contributed by atoms with Crippen LogP contribution in [0.4, 0.5) is 37.7 Å². The summed E-state index contributed by atoms with van der Waals surface area (Å²) in [5, 5.41) is 3.33. The van der Waals surface area contributed by atoms with Crippen molar-refractivity contribution in [3.05, 3.63) is 95.2 Å². The number of carbonyl (C=O) groups is 1. The number of benzene rings is 3. The molecule has 1 amide bonds. The Bertz CT molecular complexity index is 1260. The van der Waals surface area contributed by atoms with E-state index in [1.165, 1.54) is 29.2 Å². The molecule has 4 rings (SSSR count). The standard InChI is InChI=1S/C24H15ClF6N2O3/c25-15-3-1-14(2-4-15)21-13-20(32-16-5-9-18(10-6-16)35-23(26,27)28)22(34)33(21)17-7-11-19(12-8-17)36-24(29,30)31/h1-13,21,32H. The first-order chi connectivity index (χ1) is 16.9. The number of anilines is 2. The Morgan fingerprint density at radius 2 is 1.25 bits per heavy atom. The lowest BCUT2D eigenvalue weighted by Gasteiger charge is -2.25. The maximum atomic E-state index is 13.3. The van der Waals surface area contributed by atoms with Crippen molar-refractivity contribution >= 4 is 28.9 Å². The number of rotatable bonds is 6. The van der Waals surface area contributed by atoms with E-state index < -0.39 is 36.2 Å². The zero-order chi connectivity index (χ0) is 26.1. The Morgan fingerprint density at radius 1 is 0.750 bits per heavy atom. The lowest BCUT2D eigenvalue weighted by molar-refractivity contribution is -0.275. The van der Waals surface area contributed by atoms with Gasteiger partial charge in [-0.1, -0.05) is 23.7 Å². The quantitative estimate of drug-likeness (QED) is 0.343. The van der Waals surface area contributed by atoms with Gasteiger partial charge < -0.3 is 14.8 Å². The van der Waals surface area contributed by atoms with Crippen LogP contribution in [0.25, 0.3) is 0 Å². The zero-order valence-corrected chi connectivity index (χ0v) is 18.7. The largest absolute Gasteiger partial charge is 0.573 e. The number of ether oxygens (including phenoxy) is 2. The topological polar surface area (TPSA) is 50.8 Å². The van der Waals surface area contributed by atoms with Crippen molar-refractivity contribution in [3.8, 4) is 11.5 Å². The first kappa shape index (κ1) is 25.2. The SMILES string of the molecule is O=C1C(Nc2ccc(OC(F)(F)F)cc2)=CC(c2ccc(Cl)cc2)N1c1ccc(OC(F)(F)F)cc1. The molecule has 1 atom stereocenters. The van der Waals surface area contributed by atoms with Gasteiger partial charge in [0.25, 0.3) is 5.91 Å². The van der Waals surface area contributed by atoms with E-state index in [-0.39, 0.29) is 11.4 Å². The van der Waals surface area contributed by atoms with Gasteiger partial charge in [0.1, 0.15) is 17.2 Å². The van der Waals surface area contributed by atoms with E-state index in [2.05, 4.69) is 14.8 Å². The lowest BCUT2D eigenvalue weighted by Crippen LogP contribution is -2.30. The number of hydrogen-bond acceptors (Lipinski definition) is 4. The molecule has 3 aromatic carbocycles. The van der Waals surface area contributed by atoms with E-state index in [9.17, 15) is 31.1 Å². The molecule has 0 saturated heterocycles. The molecule has 1 N–H and O–H groups in total. The molecule has 1 unspecified atom stereocenters. The van der Waals surface area contributed by atoms with Crippen LogP contribution in [0.15, 0.2) is 84.6 Å². The molecule has 0 aliphatic carbocycles. The highest BCUT2D eigenvalue weighted by molar-refractivity contribution is 6.30. The summed E-state index contributed by atoms with van der Waals surface area (Å²) in [6.45, 7) is 0. The van der Waals surface area contributed by atoms with Crippen LogP contribution in [0.1, 0.15) is 11.6 Å². The minimum absolute atomic E-state index is 0.107. The molecule has 3 aromatic rings. The Morgan fingerprint density at radius 3 is 1.75 bits per heavy atom. The molecule has 36 heavy (non-hydrogen) atoms. The van der Waals surface area contributed by atoms with Crippen LogP contribution in [0, 0.1) is 0 Å². The van der Waals surface area contributed by atoms with E-state index >= 15 is 0 Å². The summed E-state index contributed by atoms with van der Waals surface area (Å²) >= 11 is 5.96. The van der Waals surface area contributed by atoms with Crippen molar-refractivity contribution in [3.63, 3.8) is 0 Å². The molecule has 1 aliphatic rings. The molecule has 188 valence electrons. The van der Waals surface area contributed by atoms with E-state index in [0.717, 1.165) is 24.3 Å². The van der Waals surface area contributed by atoms with Gasteiger partial charge in [0, 0.05) is 16.4 Å². The van der Waals surface area contributed by atoms with Gasteiger partial charge in [-0.05, 0) is 72.3 Å². The van der Waals surface area contributed by atoms with Gasteiger partial charge in [0.15, 0.2) is 0 Å². The summed E-state index contributed by atoms with van der Waals surface area (Å²) in [5.74, 6) is -1.40. The summed E-state index contributed by atoms with van der Waals surface area (Å²) in [6, 6.07) is 15.5. The molecule has 1 aliphatic heterocycles. The summed E-state index contributed by atoms with van der Waals surface area (Å²) < 4.78 is 82.4. The van der Waals surface area contributed by atoms with Crippen LogP contribution in [-0.2, 0) is 4.79 Å². The highest BCUT2D eigenvalue weighted by Gasteiger charge is 2.36. The minimum Gasteiger partial charge on any atom is -0.406 e. The first-order valence-corrected chi connectivity index (χ1v) is 10.6. The smallest absolute Gasteiger partial charge is 0.406 e. The van der Waals surface area contributed by atoms with Crippen LogP contribution in [0.5, 0.6) is 11.5 Å². The number of amides is 1. The van der Waals surface area contributed by atoms with E-state index in [4.69, 9.17) is 11.6 Å².